The third-order valence-electron chi connectivity index (χ3n) is 5.12. The molecule has 26 heavy (non-hydrogen) atoms. The Balaban J connectivity index is 1.60. The van der Waals surface area contributed by atoms with E-state index in [0.717, 1.165) is 17.2 Å². The van der Waals surface area contributed by atoms with Crippen LogP contribution in [0, 0.1) is 6.92 Å². The van der Waals surface area contributed by atoms with Crippen molar-refractivity contribution in [2.75, 3.05) is 25.5 Å². The summed E-state index contributed by atoms with van der Waals surface area (Å²) >= 11 is 0. The van der Waals surface area contributed by atoms with Gasteiger partial charge in [0.25, 0.3) is 0 Å². The third-order valence-corrected chi connectivity index (χ3v) is 5.12. The lowest BCUT2D eigenvalue weighted by Crippen LogP contribution is -2.40. The highest BCUT2D eigenvalue weighted by atomic mass is 16.5. The Labute approximate surface area is 151 Å². The highest BCUT2D eigenvalue weighted by molar-refractivity contribution is 6.01. The average Bonchev–Trinajstić information content (AvgIpc) is 2.87. The second-order valence-electron chi connectivity index (χ2n) is 6.65. The van der Waals surface area contributed by atoms with Crippen molar-refractivity contribution in [3.8, 4) is 5.75 Å². The van der Waals surface area contributed by atoms with Crippen molar-refractivity contribution in [2.45, 2.75) is 32.2 Å². The zero-order valence-corrected chi connectivity index (χ0v) is 14.9. The SMILES string of the molecule is COc1ccc2c(c1)[C@@H](C(=O)N1CCc3nnc(C)n3CC1)CC(=O)N2. The van der Waals surface area contributed by atoms with Gasteiger partial charge in [-0.2, -0.15) is 0 Å². The predicted octanol–water partition coefficient (Wildman–Crippen LogP) is 1.11. The van der Waals surface area contributed by atoms with Gasteiger partial charge in [-0.3, -0.25) is 9.59 Å². The molecule has 0 aliphatic carbocycles. The predicted molar refractivity (Wildman–Crippen MR) is 94.0 cm³/mol. The number of nitrogens with one attached hydrogen (secondary N) is 1. The fraction of sp³-hybridized carbons (Fsp3) is 0.444. The summed E-state index contributed by atoms with van der Waals surface area (Å²) in [6.07, 6.45) is 0.817. The number of anilines is 1. The first kappa shape index (κ1) is 16.6. The van der Waals surface area contributed by atoms with Gasteiger partial charge in [-0.15, -0.1) is 10.2 Å². The number of aryl methyl sites for hydroxylation is 1. The van der Waals surface area contributed by atoms with Crippen molar-refractivity contribution < 1.29 is 14.3 Å². The highest BCUT2D eigenvalue weighted by Gasteiger charge is 2.34. The topological polar surface area (TPSA) is 89.3 Å². The number of methoxy groups -OCH3 is 1. The van der Waals surface area contributed by atoms with E-state index in [2.05, 4.69) is 20.1 Å². The molecule has 136 valence electrons. The molecule has 4 rings (SSSR count). The Hall–Kier alpha value is -2.90. The standard InChI is InChI=1S/C18H21N5O3/c1-11-20-21-16-5-6-22(7-8-23(11)16)18(25)14-10-17(24)19-15-4-3-12(26-2)9-13(14)15/h3-4,9,14H,5-8,10H2,1-2H3,(H,19,24)/t14-/m0/s1. The number of rotatable bonds is 2. The largest absolute Gasteiger partial charge is 0.497 e. The van der Waals surface area contributed by atoms with Crippen molar-refractivity contribution >= 4 is 17.5 Å². The maximum Gasteiger partial charge on any atom is 0.230 e. The van der Waals surface area contributed by atoms with E-state index in [0.29, 0.717) is 37.5 Å². The van der Waals surface area contributed by atoms with Crippen LogP contribution >= 0.6 is 0 Å². The first-order valence-electron chi connectivity index (χ1n) is 8.72. The van der Waals surface area contributed by atoms with Gasteiger partial charge in [0.15, 0.2) is 0 Å². The number of benzene rings is 1. The molecule has 8 nitrogen and oxygen atoms in total. The lowest BCUT2D eigenvalue weighted by Gasteiger charge is -2.30. The smallest absolute Gasteiger partial charge is 0.230 e. The molecule has 2 aliphatic rings. The van der Waals surface area contributed by atoms with Crippen molar-refractivity contribution in [3.63, 3.8) is 0 Å². The maximum absolute atomic E-state index is 13.2. The van der Waals surface area contributed by atoms with Crippen LogP contribution in [0.3, 0.4) is 0 Å². The van der Waals surface area contributed by atoms with Gasteiger partial charge in [0, 0.05) is 38.2 Å². The second kappa shape index (κ2) is 6.44. The van der Waals surface area contributed by atoms with Gasteiger partial charge in [-0.05, 0) is 30.7 Å². The average molecular weight is 355 g/mol. The van der Waals surface area contributed by atoms with E-state index in [1.165, 1.54) is 0 Å². The van der Waals surface area contributed by atoms with E-state index in [1.54, 1.807) is 19.2 Å². The normalized spacial score (nSPS) is 19.2. The molecular weight excluding hydrogens is 334 g/mol. The van der Waals surface area contributed by atoms with Crippen molar-refractivity contribution in [3.05, 3.63) is 35.4 Å². The zero-order valence-electron chi connectivity index (χ0n) is 14.9. The van der Waals surface area contributed by atoms with Gasteiger partial charge in [0.05, 0.1) is 13.0 Å². The van der Waals surface area contributed by atoms with E-state index in [1.807, 2.05) is 17.9 Å². The molecule has 2 aromatic rings. The van der Waals surface area contributed by atoms with E-state index in [9.17, 15) is 9.59 Å². The van der Waals surface area contributed by atoms with E-state index in [-0.39, 0.29) is 18.2 Å². The lowest BCUT2D eigenvalue weighted by atomic mass is 9.89. The van der Waals surface area contributed by atoms with Crippen LogP contribution in [0.4, 0.5) is 5.69 Å². The second-order valence-corrected chi connectivity index (χ2v) is 6.65. The van der Waals surface area contributed by atoms with Crippen molar-refractivity contribution in [1.82, 2.24) is 19.7 Å². The Bertz CT molecular complexity index is 876. The molecule has 8 heteroatoms. The number of hydrogen-bond acceptors (Lipinski definition) is 5. The van der Waals surface area contributed by atoms with Gasteiger partial charge in [0.2, 0.25) is 11.8 Å². The van der Waals surface area contributed by atoms with Crippen LogP contribution in [0.1, 0.15) is 29.6 Å². The molecule has 0 fully saturated rings. The number of ether oxygens (including phenoxy) is 1. The minimum Gasteiger partial charge on any atom is -0.497 e. The van der Waals surface area contributed by atoms with Crippen LogP contribution in [-0.2, 0) is 22.6 Å². The van der Waals surface area contributed by atoms with Gasteiger partial charge in [-0.25, -0.2) is 0 Å². The molecule has 0 radical (unpaired) electrons. The minimum absolute atomic E-state index is 0.0225. The van der Waals surface area contributed by atoms with Crippen molar-refractivity contribution in [2.24, 2.45) is 0 Å². The summed E-state index contributed by atoms with van der Waals surface area (Å²) in [6.45, 7) is 3.75. The van der Waals surface area contributed by atoms with Gasteiger partial charge in [0.1, 0.15) is 17.4 Å². The number of carbonyl (C=O) groups excluding carboxylic acids is 2. The number of aromatic nitrogens is 3. The van der Waals surface area contributed by atoms with E-state index >= 15 is 0 Å². The molecule has 0 bridgehead atoms. The van der Waals surface area contributed by atoms with E-state index < -0.39 is 5.92 Å². The molecule has 0 saturated carbocycles. The Kier molecular flexibility index (Phi) is 4.10. The van der Waals surface area contributed by atoms with Crippen LogP contribution in [0.25, 0.3) is 0 Å². The number of carbonyl (C=O) groups is 2. The molecule has 2 amide bonds. The fourth-order valence-corrected chi connectivity index (χ4v) is 3.70. The summed E-state index contributed by atoms with van der Waals surface area (Å²) in [4.78, 5) is 27.2. The number of fused-ring (bicyclic) bond motifs is 2. The molecule has 0 spiro atoms. The molecule has 0 unspecified atom stereocenters. The molecule has 2 aliphatic heterocycles. The van der Waals surface area contributed by atoms with Gasteiger partial charge in [-0.1, -0.05) is 0 Å². The molecule has 1 aromatic heterocycles. The Morgan fingerprint density at radius 3 is 2.92 bits per heavy atom. The molecule has 1 atom stereocenters. The first-order valence-corrected chi connectivity index (χ1v) is 8.72. The molecule has 1 N–H and O–H groups in total. The summed E-state index contributed by atoms with van der Waals surface area (Å²) in [6, 6.07) is 5.42. The van der Waals surface area contributed by atoms with Crippen LogP contribution in [-0.4, -0.2) is 51.7 Å². The van der Waals surface area contributed by atoms with Crippen LogP contribution in [0.2, 0.25) is 0 Å². The summed E-state index contributed by atoms with van der Waals surface area (Å²) in [5.41, 5.74) is 1.50. The fourth-order valence-electron chi connectivity index (χ4n) is 3.70. The van der Waals surface area contributed by atoms with Gasteiger partial charge >= 0.3 is 0 Å². The molecule has 0 saturated heterocycles. The van der Waals surface area contributed by atoms with Crippen molar-refractivity contribution in [1.29, 1.82) is 0 Å². The number of hydrogen-bond donors (Lipinski definition) is 1. The Morgan fingerprint density at radius 1 is 1.27 bits per heavy atom. The van der Waals surface area contributed by atoms with Crippen LogP contribution in [0.5, 0.6) is 5.75 Å². The molecule has 1 aromatic carbocycles. The number of nitrogens with zero attached hydrogens (tertiary/aromatic N) is 4. The highest BCUT2D eigenvalue weighted by Crippen LogP contribution is 2.36. The molecular formula is C18H21N5O3. The van der Waals surface area contributed by atoms with Gasteiger partial charge < -0.3 is 19.5 Å². The summed E-state index contributed by atoms with van der Waals surface area (Å²) in [7, 11) is 1.59. The zero-order chi connectivity index (χ0) is 18.3. The monoisotopic (exact) mass is 355 g/mol. The summed E-state index contributed by atoms with van der Waals surface area (Å²) in [5.74, 6) is 1.80. The molecule has 3 heterocycles. The van der Waals surface area contributed by atoms with Crippen LogP contribution in [0.15, 0.2) is 18.2 Å². The lowest BCUT2D eigenvalue weighted by molar-refractivity contribution is -0.135. The van der Waals surface area contributed by atoms with E-state index in [4.69, 9.17) is 4.74 Å². The maximum atomic E-state index is 13.2. The number of amides is 2. The first-order chi connectivity index (χ1) is 12.6. The minimum atomic E-state index is -0.488. The summed E-state index contributed by atoms with van der Waals surface area (Å²) in [5, 5.41) is 11.1. The van der Waals surface area contributed by atoms with Crippen LogP contribution < -0.4 is 10.1 Å². The third kappa shape index (κ3) is 2.81. The quantitative estimate of drug-likeness (QED) is 0.872. The Morgan fingerprint density at radius 2 is 2.12 bits per heavy atom. The summed E-state index contributed by atoms with van der Waals surface area (Å²) < 4.78 is 7.34.